The lowest BCUT2D eigenvalue weighted by Gasteiger charge is -1.99. The molecule has 0 N–H and O–H groups in total. The highest BCUT2D eigenvalue weighted by atomic mass is 35.5. The summed E-state index contributed by atoms with van der Waals surface area (Å²) in [5.74, 6) is 0.837. The van der Waals surface area contributed by atoms with Gasteiger partial charge in [0.1, 0.15) is 4.88 Å². The predicted molar refractivity (Wildman–Crippen MR) is 73.3 cm³/mol. The van der Waals surface area contributed by atoms with Gasteiger partial charge < -0.3 is 0 Å². The van der Waals surface area contributed by atoms with E-state index in [0.717, 1.165) is 16.4 Å². The number of aldehydes is 1. The summed E-state index contributed by atoms with van der Waals surface area (Å²) in [7, 11) is 0. The van der Waals surface area contributed by atoms with Crippen molar-refractivity contribution in [1.82, 2.24) is 4.98 Å². The van der Waals surface area contributed by atoms with Gasteiger partial charge in [0.25, 0.3) is 0 Å². The van der Waals surface area contributed by atoms with Crippen molar-refractivity contribution in [1.29, 1.82) is 0 Å². The van der Waals surface area contributed by atoms with Crippen LogP contribution in [-0.4, -0.2) is 11.3 Å². The number of rotatable bonds is 4. The van der Waals surface area contributed by atoms with Crippen molar-refractivity contribution >= 4 is 41.0 Å². The molecule has 2 aromatic rings. The fraction of sp³-hybridized carbons (Fsp3) is 0.167. The van der Waals surface area contributed by atoms with E-state index in [4.69, 9.17) is 11.6 Å². The van der Waals surface area contributed by atoms with Gasteiger partial charge >= 0.3 is 0 Å². The molecule has 2 nitrogen and oxygen atoms in total. The quantitative estimate of drug-likeness (QED) is 0.622. The summed E-state index contributed by atoms with van der Waals surface area (Å²) in [6, 6.07) is 8.33. The minimum absolute atomic E-state index is 0.303. The van der Waals surface area contributed by atoms with Crippen LogP contribution in [0.1, 0.15) is 20.8 Å². The van der Waals surface area contributed by atoms with E-state index in [2.05, 4.69) is 30.1 Å². The number of halogens is 1. The van der Waals surface area contributed by atoms with E-state index in [-0.39, 0.29) is 0 Å². The van der Waals surface area contributed by atoms with Gasteiger partial charge in [0, 0.05) is 5.75 Å². The number of nitrogens with zero attached hydrogens (tertiary/aromatic N) is 1. The van der Waals surface area contributed by atoms with E-state index in [0.29, 0.717) is 10.0 Å². The van der Waals surface area contributed by atoms with Crippen molar-refractivity contribution in [2.75, 3.05) is 0 Å². The van der Waals surface area contributed by atoms with Crippen LogP contribution in [0.4, 0.5) is 0 Å². The molecule has 1 heterocycles. The number of thioether (sulfide) groups is 1. The maximum atomic E-state index is 10.6. The first kappa shape index (κ1) is 12.6. The number of hydrogen-bond acceptors (Lipinski definition) is 4. The number of thiazole rings is 1. The number of aromatic nitrogens is 1. The maximum Gasteiger partial charge on any atom is 0.163 e. The van der Waals surface area contributed by atoms with E-state index in [1.165, 1.54) is 22.5 Å². The molecule has 0 aliphatic carbocycles. The molecule has 17 heavy (non-hydrogen) atoms. The first-order valence-electron chi connectivity index (χ1n) is 4.99. The third-order valence-electron chi connectivity index (χ3n) is 2.14. The summed E-state index contributed by atoms with van der Waals surface area (Å²) in [6.07, 6.45) is 0.747. The minimum Gasteiger partial charge on any atom is -0.297 e. The Bertz CT molecular complexity index is 539. The smallest absolute Gasteiger partial charge is 0.163 e. The molecule has 0 aliphatic rings. The van der Waals surface area contributed by atoms with Crippen LogP contribution in [-0.2, 0) is 5.75 Å². The Morgan fingerprint density at radius 2 is 2.35 bits per heavy atom. The van der Waals surface area contributed by atoms with Crippen LogP contribution >= 0.6 is 34.7 Å². The van der Waals surface area contributed by atoms with Crippen molar-refractivity contribution in [3.63, 3.8) is 0 Å². The van der Waals surface area contributed by atoms with Gasteiger partial charge in [-0.2, -0.15) is 0 Å². The fourth-order valence-electron chi connectivity index (χ4n) is 1.38. The van der Waals surface area contributed by atoms with E-state index >= 15 is 0 Å². The largest absolute Gasteiger partial charge is 0.297 e. The average Bonchev–Trinajstić information content (AvgIpc) is 2.67. The van der Waals surface area contributed by atoms with Crippen LogP contribution in [0.3, 0.4) is 0 Å². The van der Waals surface area contributed by atoms with E-state index in [1.54, 1.807) is 11.8 Å². The third kappa shape index (κ3) is 3.31. The summed E-state index contributed by atoms with van der Waals surface area (Å²) >= 11 is 8.74. The molecule has 1 aromatic heterocycles. The second-order valence-electron chi connectivity index (χ2n) is 3.53. The second kappa shape index (κ2) is 5.67. The first-order chi connectivity index (χ1) is 8.19. The molecule has 0 spiro atoms. The van der Waals surface area contributed by atoms with Gasteiger partial charge in [-0.1, -0.05) is 53.2 Å². The molecule has 0 fully saturated rings. The van der Waals surface area contributed by atoms with E-state index in [1.807, 2.05) is 6.07 Å². The molecule has 2 rings (SSSR count). The monoisotopic (exact) mass is 283 g/mol. The maximum absolute atomic E-state index is 10.6. The van der Waals surface area contributed by atoms with Crippen LogP contribution in [0.5, 0.6) is 0 Å². The van der Waals surface area contributed by atoms with Crippen molar-refractivity contribution in [3.05, 3.63) is 45.4 Å². The molecular formula is C12H10ClNOS2. The number of hydrogen-bond donors (Lipinski definition) is 0. The van der Waals surface area contributed by atoms with Gasteiger partial charge in [0.15, 0.2) is 15.8 Å². The van der Waals surface area contributed by atoms with Gasteiger partial charge in [0.05, 0.1) is 0 Å². The molecule has 88 valence electrons. The van der Waals surface area contributed by atoms with Gasteiger partial charge in [-0.05, 0) is 12.5 Å². The number of aryl methyl sites for hydroxylation is 1. The van der Waals surface area contributed by atoms with Crippen LogP contribution < -0.4 is 0 Å². The molecule has 0 radical (unpaired) electrons. The number of benzene rings is 1. The summed E-state index contributed by atoms with van der Waals surface area (Å²) in [4.78, 5) is 15.3. The Labute approximate surface area is 113 Å². The normalized spacial score (nSPS) is 10.5. The van der Waals surface area contributed by atoms with E-state index < -0.39 is 0 Å². The molecule has 0 unspecified atom stereocenters. The lowest BCUT2D eigenvalue weighted by Crippen LogP contribution is -1.81. The van der Waals surface area contributed by atoms with Crippen LogP contribution in [0.15, 0.2) is 28.6 Å². The molecule has 0 saturated carbocycles. The topological polar surface area (TPSA) is 30.0 Å². The third-order valence-corrected chi connectivity index (χ3v) is 4.74. The highest BCUT2D eigenvalue weighted by Crippen LogP contribution is 2.31. The highest BCUT2D eigenvalue weighted by molar-refractivity contribution is 8.00. The molecule has 0 saturated heterocycles. The minimum atomic E-state index is 0.303. The summed E-state index contributed by atoms with van der Waals surface area (Å²) in [5, 5.41) is 0.303. The molecule has 0 bridgehead atoms. The van der Waals surface area contributed by atoms with Crippen LogP contribution in [0.25, 0.3) is 0 Å². The molecule has 0 aliphatic heterocycles. The molecule has 0 amide bonds. The van der Waals surface area contributed by atoms with Crippen molar-refractivity contribution in [2.45, 2.75) is 17.0 Å². The molecule has 5 heteroatoms. The lowest BCUT2D eigenvalue weighted by atomic mass is 10.2. The van der Waals surface area contributed by atoms with Crippen molar-refractivity contribution < 1.29 is 4.79 Å². The Morgan fingerprint density at radius 3 is 3.00 bits per heavy atom. The first-order valence-corrected chi connectivity index (χ1v) is 7.17. The number of carbonyl (C=O) groups is 1. The SMILES string of the molecule is Cc1cccc(CSc2nc(Cl)c(C=O)s2)c1. The highest BCUT2D eigenvalue weighted by Gasteiger charge is 2.08. The van der Waals surface area contributed by atoms with Gasteiger partial charge in [-0.15, -0.1) is 11.3 Å². The Balaban J connectivity index is 2.04. The average molecular weight is 284 g/mol. The zero-order chi connectivity index (χ0) is 12.3. The lowest BCUT2D eigenvalue weighted by molar-refractivity contribution is 0.112. The zero-order valence-corrected chi connectivity index (χ0v) is 11.5. The van der Waals surface area contributed by atoms with Crippen LogP contribution in [0, 0.1) is 6.92 Å². The predicted octanol–water partition coefficient (Wildman–Crippen LogP) is 4.21. The van der Waals surface area contributed by atoms with Gasteiger partial charge in [-0.25, -0.2) is 4.98 Å². The Hall–Kier alpha value is -0.840. The Kier molecular flexibility index (Phi) is 4.20. The molecule has 1 aromatic carbocycles. The summed E-state index contributed by atoms with van der Waals surface area (Å²) in [5.41, 5.74) is 2.49. The molecule has 0 atom stereocenters. The van der Waals surface area contributed by atoms with Crippen molar-refractivity contribution in [2.24, 2.45) is 0 Å². The van der Waals surface area contributed by atoms with Crippen molar-refractivity contribution in [3.8, 4) is 0 Å². The summed E-state index contributed by atoms with van der Waals surface area (Å²) in [6.45, 7) is 2.07. The second-order valence-corrected chi connectivity index (χ2v) is 6.14. The zero-order valence-electron chi connectivity index (χ0n) is 9.14. The van der Waals surface area contributed by atoms with Gasteiger partial charge in [0.2, 0.25) is 0 Å². The van der Waals surface area contributed by atoms with E-state index in [9.17, 15) is 4.79 Å². The molecular weight excluding hydrogens is 274 g/mol. The number of carbonyl (C=O) groups excluding carboxylic acids is 1. The Morgan fingerprint density at radius 1 is 1.53 bits per heavy atom. The summed E-state index contributed by atoms with van der Waals surface area (Å²) < 4.78 is 0.832. The van der Waals surface area contributed by atoms with Crippen LogP contribution in [0.2, 0.25) is 5.15 Å². The standard InChI is InChI=1S/C12H10ClNOS2/c1-8-3-2-4-9(5-8)7-16-12-14-11(13)10(6-15)17-12/h2-6H,7H2,1H3. The fourth-order valence-corrected chi connectivity index (χ4v) is 3.53. The van der Waals surface area contributed by atoms with Gasteiger partial charge in [-0.3, -0.25) is 4.79 Å².